The van der Waals surface area contributed by atoms with Crippen molar-refractivity contribution in [2.45, 2.75) is 45.3 Å². The van der Waals surface area contributed by atoms with Crippen LogP contribution in [0.1, 0.15) is 54.1 Å². The first-order chi connectivity index (χ1) is 9.63. The summed E-state index contributed by atoms with van der Waals surface area (Å²) in [5.74, 6) is 1.33. The van der Waals surface area contributed by atoms with Crippen LogP contribution in [-0.2, 0) is 13.0 Å². The van der Waals surface area contributed by atoms with E-state index in [9.17, 15) is 5.11 Å². The Labute approximate surface area is 123 Å². The van der Waals surface area contributed by atoms with E-state index in [0.717, 1.165) is 34.9 Å². The maximum Gasteiger partial charge on any atom is 0.131 e. The van der Waals surface area contributed by atoms with Crippen LogP contribution in [-0.4, -0.2) is 10.1 Å². The van der Waals surface area contributed by atoms with E-state index in [1.165, 1.54) is 5.56 Å². The molecular weight excluding hydrogens is 270 g/mol. The van der Waals surface area contributed by atoms with Crippen LogP contribution in [0.5, 0.6) is 5.75 Å². The second-order valence-electron chi connectivity index (χ2n) is 5.54. The van der Waals surface area contributed by atoms with Crippen molar-refractivity contribution in [3.63, 3.8) is 0 Å². The van der Waals surface area contributed by atoms with Gasteiger partial charge >= 0.3 is 0 Å². The van der Waals surface area contributed by atoms with Crippen molar-refractivity contribution < 1.29 is 9.84 Å². The third-order valence-corrected chi connectivity index (χ3v) is 4.80. The highest BCUT2D eigenvalue weighted by Gasteiger charge is 2.20. The Balaban J connectivity index is 1.66. The maximum absolute atomic E-state index is 9.79. The third kappa shape index (κ3) is 2.72. The zero-order valence-corrected chi connectivity index (χ0v) is 12.6. The van der Waals surface area contributed by atoms with E-state index in [-0.39, 0.29) is 6.10 Å². The summed E-state index contributed by atoms with van der Waals surface area (Å²) in [6.45, 7) is 4.80. The lowest BCUT2D eigenvalue weighted by molar-refractivity contribution is 0.180. The summed E-state index contributed by atoms with van der Waals surface area (Å²) in [5.41, 5.74) is 3.24. The van der Waals surface area contributed by atoms with Crippen molar-refractivity contribution in [3.8, 4) is 5.75 Å². The second kappa shape index (κ2) is 5.54. The fourth-order valence-electron chi connectivity index (χ4n) is 2.47. The van der Waals surface area contributed by atoms with Gasteiger partial charge in [0.2, 0.25) is 0 Å². The van der Waals surface area contributed by atoms with E-state index in [2.05, 4.69) is 24.2 Å². The van der Waals surface area contributed by atoms with Crippen molar-refractivity contribution in [1.82, 2.24) is 4.98 Å². The number of aliphatic hydroxyl groups is 1. The van der Waals surface area contributed by atoms with Crippen LogP contribution >= 0.6 is 11.3 Å². The number of ether oxygens (including phenoxy) is 1. The van der Waals surface area contributed by atoms with Gasteiger partial charge in [-0.25, -0.2) is 4.98 Å². The van der Waals surface area contributed by atoms with Crippen LogP contribution in [0.3, 0.4) is 0 Å². The van der Waals surface area contributed by atoms with Crippen LogP contribution in [0.2, 0.25) is 0 Å². The monoisotopic (exact) mass is 289 g/mol. The van der Waals surface area contributed by atoms with Crippen molar-refractivity contribution >= 4 is 11.3 Å². The molecule has 1 atom stereocenters. The molecule has 1 heterocycles. The lowest BCUT2D eigenvalue weighted by atomic mass is 10.1. The molecule has 106 valence electrons. The molecule has 0 aliphatic heterocycles. The number of aromatic nitrogens is 1. The molecule has 1 aromatic carbocycles. The molecular formula is C16H19NO2S. The van der Waals surface area contributed by atoms with Gasteiger partial charge in [0.05, 0.1) is 16.8 Å². The molecule has 0 spiro atoms. The molecule has 3 rings (SSSR count). The molecule has 3 nitrogen and oxygen atoms in total. The predicted octanol–water partition coefficient (Wildman–Crippen LogP) is 3.83. The van der Waals surface area contributed by atoms with Crippen LogP contribution in [0.15, 0.2) is 23.6 Å². The summed E-state index contributed by atoms with van der Waals surface area (Å²) in [4.78, 5) is 4.56. The number of aliphatic hydroxyl groups excluding tert-OH is 1. The number of rotatable bonds is 4. The minimum absolute atomic E-state index is 0.300. The van der Waals surface area contributed by atoms with Crippen LogP contribution in [0.4, 0.5) is 0 Å². The Morgan fingerprint density at radius 3 is 3.05 bits per heavy atom. The molecule has 20 heavy (non-hydrogen) atoms. The highest BCUT2D eigenvalue weighted by atomic mass is 32.1. The number of benzene rings is 1. The summed E-state index contributed by atoms with van der Waals surface area (Å²) >= 11 is 1.69. The molecule has 2 aromatic rings. The smallest absolute Gasteiger partial charge is 0.131 e. The summed E-state index contributed by atoms with van der Waals surface area (Å²) in [7, 11) is 0. The third-order valence-electron chi connectivity index (χ3n) is 3.61. The van der Waals surface area contributed by atoms with E-state index in [1.54, 1.807) is 11.3 Å². The first-order valence-corrected chi connectivity index (χ1v) is 7.89. The van der Waals surface area contributed by atoms with Gasteiger partial charge in [-0.15, -0.1) is 11.3 Å². The number of thiazole rings is 1. The SMILES string of the molecule is CC(C)c1nc(COc2ccc3c(c2)CCC3O)cs1. The zero-order valence-electron chi connectivity index (χ0n) is 11.8. The number of hydrogen-bond acceptors (Lipinski definition) is 4. The molecule has 0 saturated heterocycles. The molecule has 0 saturated carbocycles. The second-order valence-corrected chi connectivity index (χ2v) is 6.43. The van der Waals surface area contributed by atoms with Crippen LogP contribution in [0.25, 0.3) is 0 Å². The van der Waals surface area contributed by atoms with Crippen molar-refractivity contribution in [1.29, 1.82) is 0 Å². The van der Waals surface area contributed by atoms with E-state index in [0.29, 0.717) is 12.5 Å². The average molecular weight is 289 g/mol. The van der Waals surface area contributed by atoms with Gasteiger partial charge in [0, 0.05) is 11.3 Å². The molecule has 4 heteroatoms. The molecule has 1 aliphatic carbocycles. The topological polar surface area (TPSA) is 42.4 Å². The normalized spacial score (nSPS) is 17.5. The van der Waals surface area contributed by atoms with Gasteiger partial charge in [-0.05, 0) is 36.1 Å². The highest BCUT2D eigenvalue weighted by molar-refractivity contribution is 7.09. The predicted molar refractivity (Wildman–Crippen MR) is 80.3 cm³/mol. The Hall–Kier alpha value is -1.39. The molecule has 0 amide bonds. The molecule has 0 bridgehead atoms. The van der Waals surface area contributed by atoms with E-state index < -0.39 is 0 Å². The van der Waals surface area contributed by atoms with Gasteiger partial charge in [-0.2, -0.15) is 0 Å². The fourth-order valence-corrected chi connectivity index (χ4v) is 3.29. The van der Waals surface area contributed by atoms with E-state index in [4.69, 9.17) is 4.74 Å². The summed E-state index contributed by atoms with van der Waals surface area (Å²) in [6, 6.07) is 5.95. The Kier molecular flexibility index (Phi) is 3.76. The first kappa shape index (κ1) is 13.6. The van der Waals surface area contributed by atoms with Gasteiger partial charge in [0.1, 0.15) is 12.4 Å². The standard InChI is InChI=1S/C16H19NO2S/c1-10(2)16-17-12(9-20-16)8-19-13-4-5-14-11(7-13)3-6-15(14)18/h4-5,7,9-10,15,18H,3,6,8H2,1-2H3. The number of nitrogens with zero attached hydrogens (tertiary/aromatic N) is 1. The van der Waals surface area contributed by atoms with Gasteiger partial charge in [-0.1, -0.05) is 19.9 Å². The van der Waals surface area contributed by atoms with Gasteiger partial charge in [0.15, 0.2) is 0 Å². The zero-order chi connectivity index (χ0) is 14.1. The van der Waals surface area contributed by atoms with E-state index in [1.807, 2.05) is 18.2 Å². The van der Waals surface area contributed by atoms with Gasteiger partial charge in [-0.3, -0.25) is 0 Å². The van der Waals surface area contributed by atoms with Crippen LogP contribution < -0.4 is 4.74 Å². The largest absolute Gasteiger partial charge is 0.487 e. The number of hydrogen-bond donors (Lipinski definition) is 1. The Morgan fingerprint density at radius 2 is 2.30 bits per heavy atom. The fraction of sp³-hybridized carbons (Fsp3) is 0.438. The van der Waals surface area contributed by atoms with E-state index >= 15 is 0 Å². The molecule has 0 fully saturated rings. The molecule has 1 unspecified atom stereocenters. The minimum Gasteiger partial charge on any atom is -0.487 e. The maximum atomic E-state index is 9.79. The quantitative estimate of drug-likeness (QED) is 0.930. The molecule has 1 aliphatic rings. The van der Waals surface area contributed by atoms with Gasteiger partial charge in [0.25, 0.3) is 0 Å². The first-order valence-electron chi connectivity index (χ1n) is 7.01. The van der Waals surface area contributed by atoms with Crippen molar-refractivity contribution in [2.75, 3.05) is 0 Å². The van der Waals surface area contributed by atoms with Crippen molar-refractivity contribution in [2.24, 2.45) is 0 Å². The molecule has 0 radical (unpaired) electrons. The summed E-state index contributed by atoms with van der Waals surface area (Å²) in [6.07, 6.45) is 1.45. The average Bonchev–Trinajstić information content (AvgIpc) is 3.04. The highest BCUT2D eigenvalue weighted by Crippen LogP contribution is 2.33. The molecule has 1 aromatic heterocycles. The lowest BCUT2D eigenvalue weighted by Gasteiger charge is -2.08. The number of aryl methyl sites for hydroxylation is 1. The van der Waals surface area contributed by atoms with Crippen LogP contribution in [0, 0.1) is 0 Å². The molecule has 1 N–H and O–H groups in total. The minimum atomic E-state index is -0.300. The Morgan fingerprint density at radius 1 is 1.45 bits per heavy atom. The lowest BCUT2D eigenvalue weighted by Crippen LogP contribution is -1.98. The summed E-state index contributed by atoms with van der Waals surface area (Å²) < 4.78 is 5.81. The number of fused-ring (bicyclic) bond motifs is 1. The Bertz CT molecular complexity index is 606. The summed E-state index contributed by atoms with van der Waals surface area (Å²) in [5, 5.41) is 13.0. The van der Waals surface area contributed by atoms with Gasteiger partial charge < -0.3 is 9.84 Å². The van der Waals surface area contributed by atoms with Crippen molar-refractivity contribution in [3.05, 3.63) is 45.4 Å².